The van der Waals surface area contributed by atoms with E-state index >= 15 is 0 Å². The van der Waals surface area contributed by atoms with Crippen LogP contribution in [-0.4, -0.2) is 14.2 Å². The molecule has 166 valence electrons. The number of hydrogen-bond acceptors (Lipinski definition) is 1. The van der Waals surface area contributed by atoms with E-state index < -0.39 is 6.10 Å². The van der Waals surface area contributed by atoms with Crippen molar-refractivity contribution in [2.45, 2.75) is 19.2 Å². The molecule has 1 N–H and O–H groups in total. The molecule has 0 radical (unpaired) electrons. The van der Waals surface area contributed by atoms with Gasteiger partial charge in [-0.25, -0.2) is 0 Å². The molecule has 0 fully saturated rings. The standard InChI is InChI=1S/C31H26N2O/c34-31(27-11-13-29-25(19-27)15-17-32(29)21-23-7-3-1-4-8-23)28-12-14-30-26(20-28)16-18-33(30)22-24-9-5-2-6-10-24/h1-20,31,34H,21-22H2. The quantitative estimate of drug-likeness (QED) is 0.303. The maximum absolute atomic E-state index is 11.2. The number of aliphatic hydroxyl groups excluding tert-OH is 1. The third-order valence-corrected chi connectivity index (χ3v) is 6.61. The van der Waals surface area contributed by atoms with Gasteiger partial charge in [-0.05, 0) is 69.4 Å². The molecular weight excluding hydrogens is 416 g/mol. The number of aliphatic hydroxyl groups is 1. The van der Waals surface area contributed by atoms with E-state index in [9.17, 15) is 5.11 Å². The summed E-state index contributed by atoms with van der Waals surface area (Å²) >= 11 is 0. The lowest BCUT2D eigenvalue weighted by Crippen LogP contribution is -2.01. The predicted octanol–water partition coefficient (Wildman–Crippen LogP) is 6.77. The van der Waals surface area contributed by atoms with Crippen LogP contribution in [0.4, 0.5) is 0 Å². The number of rotatable bonds is 6. The molecule has 0 amide bonds. The Balaban J connectivity index is 1.26. The minimum Gasteiger partial charge on any atom is -0.384 e. The van der Waals surface area contributed by atoms with Crippen molar-refractivity contribution in [2.24, 2.45) is 0 Å². The van der Waals surface area contributed by atoms with Gasteiger partial charge in [0.25, 0.3) is 0 Å². The molecule has 2 heterocycles. The first-order valence-corrected chi connectivity index (χ1v) is 11.7. The lowest BCUT2D eigenvalue weighted by atomic mass is 9.99. The predicted molar refractivity (Wildman–Crippen MR) is 139 cm³/mol. The smallest absolute Gasteiger partial charge is 0.104 e. The highest BCUT2D eigenvalue weighted by Gasteiger charge is 2.14. The van der Waals surface area contributed by atoms with Crippen LogP contribution < -0.4 is 0 Å². The van der Waals surface area contributed by atoms with E-state index in [-0.39, 0.29) is 0 Å². The largest absolute Gasteiger partial charge is 0.384 e. The Morgan fingerprint density at radius 3 is 1.41 bits per heavy atom. The summed E-state index contributed by atoms with van der Waals surface area (Å²) in [4.78, 5) is 0. The lowest BCUT2D eigenvalue weighted by Gasteiger charge is -2.13. The zero-order valence-corrected chi connectivity index (χ0v) is 18.9. The summed E-state index contributed by atoms with van der Waals surface area (Å²) in [6.07, 6.45) is 3.58. The van der Waals surface area contributed by atoms with Crippen LogP contribution in [0.15, 0.2) is 122 Å². The second kappa shape index (κ2) is 8.69. The van der Waals surface area contributed by atoms with Crippen molar-refractivity contribution in [2.75, 3.05) is 0 Å². The Labute approximate surface area is 199 Å². The summed E-state index contributed by atoms with van der Waals surface area (Å²) in [5, 5.41) is 13.5. The first kappa shape index (κ1) is 20.5. The van der Waals surface area contributed by atoms with E-state index in [1.54, 1.807) is 0 Å². The molecule has 0 aliphatic heterocycles. The van der Waals surface area contributed by atoms with Crippen LogP contribution in [0.5, 0.6) is 0 Å². The molecule has 6 rings (SSSR count). The topological polar surface area (TPSA) is 30.1 Å². The third-order valence-electron chi connectivity index (χ3n) is 6.61. The van der Waals surface area contributed by atoms with Gasteiger partial charge in [0.05, 0.1) is 0 Å². The van der Waals surface area contributed by atoms with E-state index in [4.69, 9.17) is 0 Å². The van der Waals surface area contributed by atoms with E-state index in [0.717, 1.165) is 35.0 Å². The second-order valence-corrected chi connectivity index (χ2v) is 8.90. The monoisotopic (exact) mass is 442 g/mol. The van der Waals surface area contributed by atoms with Gasteiger partial charge in [0.1, 0.15) is 6.10 Å². The van der Waals surface area contributed by atoms with Crippen molar-refractivity contribution in [3.8, 4) is 0 Å². The van der Waals surface area contributed by atoms with Crippen molar-refractivity contribution < 1.29 is 5.11 Å². The zero-order chi connectivity index (χ0) is 22.9. The normalized spacial score (nSPS) is 11.6. The molecule has 0 aliphatic carbocycles. The fourth-order valence-electron chi connectivity index (χ4n) is 4.81. The van der Waals surface area contributed by atoms with Crippen molar-refractivity contribution in [1.82, 2.24) is 9.13 Å². The summed E-state index contributed by atoms with van der Waals surface area (Å²) in [7, 11) is 0. The van der Waals surface area contributed by atoms with Crippen LogP contribution in [0.25, 0.3) is 21.8 Å². The number of fused-ring (bicyclic) bond motifs is 2. The summed E-state index contributed by atoms with van der Waals surface area (Å²) in [5.74, 6) is 0. The molecular formula is C31H26N2O. The summed E-state index contributed by atoms with van der Waals surface area (Å²) in [5.41, 5.74) is 6.72. The fourth-order valence-corrected chi connectivity index (χ4v) is 4.81. The zero-order valence-electron chi connectivity index (χ0n) is 18.9. The SMILES string of the molecule is OC(c1ccc2c(ccn2Cc2ccccc2)c1)c1ccc2c(ccn2Cc2ccccc2)c1. The second-order valence-electron chi connectivity index (χ2n) is 8.90. The molecule has 0 spiro atoms. The maximum Gasteiger partial charge on any atom is 0.104 e. The van der Waals surface area contributed by atoms with Crippen LogP contribution in [0.3, 0.4) is 0 Å². The minimum absolute atomic E-state index is 0.663. The van der Waals surface area contributed by atoms with Crippen LogP contribution in [0, 0.1) is 0 Å². The molecule has 0 atom stereocenters. The molecule has 0 aliphatic rings. The van der Waals surface area contributed by atoms with Crippen LogP contribution in [0.2, 0.25) is 0 Å². The average molecular weight is 443 g/mol. The first-order valence-electron chi connectivity index (χ1n) is 11.7. The van der Waals surface area contributed by atoms with E-state index in [2.05, 4.69) is 106 Å². The molecule has 2 aromatic heterocycles. The molecule has 0 unspecified atom stereocenters. The van der Waals surface area contributed by atoms with Crippen molar-refractivity contribution >= 4 is 21.8 Å². The molecule has 0 saturated heterocycles. The number of benzene rings is 4. The van der Waals surface area contributed by atoms with Crippen LogP contribution in [0.1, 0.15) is 28.4 Å². The van der Waals surface area contributed by atoms with Crippen molar-refractivity contribution in [3.63, 3.8) is 0 Å². The molecule has 3 heteroatoms. The summed E-state index contributed by atoms with van der Waals surface area (Å²) < 4.78 is 4.50. The van der Waals surface area contributed by atoms with Gasteiger partial charge in [0, 0.05) is 36.5 Å². The van der Waals surface area contributed by atoms with Gasteiger partial charge in [-0.15, -0.1) is 0 Å². The van der Waals surface area contributed by atoms with E-state index in [0.29, 0.717) is 0 Å². The van der Waals surface area contributed by atoms with Gasteiger partial charge in [0.2, 0.25) is 0 Å². The highest BCUT2D eigenvalue weighted by molar-refractivity contribution is 5.82. The Morgan fingerprint density at radius 1 is 0.529 bits per heavy atom. The average Bonchev–Trinajstić information content (AvgIpc) is 3.48. The lowest BCUT2D eigenvalue weighted by molar-refractivity contribution is 0.220. The summed E-state index contributed by atoms with van der Waals surface area (Å²) in [6.45, 7) is 1.67. The number of hydrogen-bond donors (Lipinski definition) is 1. The minimum atomic E-state index is -0.663. The van der Waals surface area contributed by atoms with Crippen molar-refractivity contribution in [1.29, 1.82) is 0 Å². The van der Waals surface area contributed by atoms with Gasteiger partial charge in [-0.1, -0.05) is 72.8 Å². The Bertz CT molecular complexity index is 1440. The molecule has 0 bridgehead atoms. The molecule has 34 heavy (non-hydrogen) atoms. The Morgan fingerprint density at radius 2 is 0.971 bits per heavy atom. The Kier molecular flexibility index (Phi) is 5.25. The highest BCUT2D eigenvalue weighted by atomic mass is 16.3. The highest BCUT2D eigenvalue weighted by Crippen LogP contribution is 2.29. The van der Waals surface area contributed by atoms with Crippen LogP contribution in [-0.2, 0) is 13.1 Å². The maximum atomic E-state index is 11.2. The van der Waals surface area contributed by atoms with Gasteiger partial charge < -0.3 is 14.2 Å². The molecule has 0 saturated carbocycles. The first-order chi connectivity index (χ1) is 16.7. The van der Waals surface area contributed by atoms with Gasteiger partial charge >= 0.3 is 0 Å². The van der Waals surface area contributed by atoms with Gasteiger partial charge in [-0.3, -0.25) is 0 Å². The van der Waals surface area contributed by atoms with E-state index in [1.165, 1.54) is 22.2 Å². The van der Waals surface area contributed by atoms with E-state index in [1.807, 2.05) is 24.3 Å². The van der Waals surface area contributed by atoms with Crippen molar-refractivity contribution in [3.05, 3.63) is 144 Å². The molecule has 3 nitrogen and oxygen atoms in total. The number of nitrogens with zero attached hydrogens (tertiary/aromatic N) is 2. The number of aromatic nitrogens is 2. The third kappa shape index (κ3) is 3.91. The summed E-state index contributed by atoms with van der Waals surface area (Å²) in [6, 6.07) is 37.7. The molecule has 4 aromatic carbocycles. The van der Waals surface area contributed by atoms with Crippen LogP contribution >= 0.6 is 0 Å². The van der Waals surface area contributed by atoms with Gasteiger partial charge in [-0.2, -0.15) is 0 Å². The Hall–Kier alpha value is -4.08. The fraction of sp³-hybridized carbons (Fsp3) is 0.0968. The molecule has 6 aromatic rings. The van der Waals surface area contributed by atoms with Gasteiger partial charge in [0.15, 0.2) is 0 Å².